The molecule has 0 bridgehead atoms. The van der Waals surface area contributed by atoms with Crippen LogP contribution in [0.5, 0.6) is 0 Å². The van der Waals surface area contributed by atoms with E-state index in [2.05, 4.69) is 35.5 Å². The van der Waals surface area contributed by atoms with Crippen LogP contribution in [0.1, 0.15) is 44.9 Å². The van der Waals surface area contributed by atoms with E-state index in [4.69, 9.17) is 10.7 Å². The van der Waals surface area contributed by atoms with E-state index in [1.807, 2.05) is 6.07 Å². The van der Waals surface area contributed by atoms with Crippen molar-refractivity contribution in [3.05, 3.63) is 11.9 Å². The largest absolute Gasteiger partial charge is 0.384 e. The van der Waals surface area contributed by atoms with Gasteiger partial charge in [0.1, 0.15) is 17.5 Å². The normalized spacial score (nSPS) is 23.2. The molecular formula is C14H22N4S. The maximum absolute atomic E-state index is 5.94. The SMILES string of the molecule is CC1(C)CCN(c2cc(N)nc(C3CC3)n2)CCS1. The highest BCUT2D eigenvalue weighted by Gasteiger charge is 2.29. The van der Waals surface area contributed by atoms with Gasteiger partial charge in [-0.1, -0.05) is 13.8 Å². The van der Waals surface area contributed by atoms with Crippen LogP contribution in [0.3, 0.4) is 0 Å². The molecule has 3 rings (SSSR count). The summed E-state index contributed by atoms with van der Waals surface area (Å²) >= 11 is 2.05. The third kappa shape index (κ3) is 3.14. The quantitative estimate of drug-likeness (QED) is 0.901. The predicted molar refractivity (Wildman–Crippen MR) is 81.8 cm³/mol. The van der Waals surface area contributed by atoms with Crippen LogP contribution in [0.15, 0.2) is 6.07 Å². The molecule has 1 aromatic heterocycles. The first-order valence-corrected chi connectivity index (χ1v) is 8.05. The van der Waals surface area contributed by atoms with E-state index >= 15 is 0 Å². The second-order valence-corrected chi connectivity index (χ2v) is 7.93. The maximum atomic E-state index is 5.94. The molecule has 1 aromatic rings. The van der Waals surface area contributed by atoms with E-state index < -0.39 is 0 Å². The topological polar surface area (TPSA) is 55.0 Å². The molecule has 1 aliphatic carbocycles. The van der Waals surface area contributed by atoms with Crippen molar-refractivity contribution < 1.29 is 0 Å². The first kappa shape index (κ1) is 13.0. The number of hydrogen-bond donors (Lipinski definition) is 1. The highest BCUT2D eigenvalue weighted by molar-refractivity contribution is 8.00. The van der Waals surface area contributed by atoms with Gasteiger partial charge in [-0.05, 0) is 19.3 Å². The fourth-order valence-electron chi connectivity index (χ4n) is 2.41. The molecular weight excluding hydrogens is 256 g/mol. The lowest BCUT2D eigenvalue weighted by atomic mass is 10.1. The van der Waals surface area contributed by atoms with Crippen LogP contribution in [-0.2, 0) is 0 Å². The van der Waals surface area contributed by atoms with E-state index in [-0.39, 0.29) is 0 Å². The molecule has 0 amide bonds. The summed E-state index contributed by atoms with van der Waals surface area (Å²) in [5.74, 6) is 4.29. The zero-order chi connectivity index (χ0) is 13.5. The summed E-state index contributed by atoms with van der Waals surface area (Å²) in [5, 5.41) is 0. The van der Waals surface area contributed by atoms with Gasteiger partial charge in [0, 0.05) is 35.6 Å². The zero-order valence-corrected chi connectivity index (χ0v) is 12.5. The summed E-state index contributed by atoms with van der Waals surface area (Å²) in [7, 11) is 0. The molecule has 1 aliphatic heterocycles. The summed E-state index contributed by atoms with van der Waals surface area (Å²) in [4.78, 5) is 11.5. The van der Waals surface area contributed by atoms with E-state index in [9.17, 15) is 0 Å². The first-order chi connectivity index (χ1) is 9.03. The Balaban J connectivity index is 1.81. The number of nitrogens with two attached hydrogens (primary N) is 1. The lowest BCUT2D eigenvalue weighted by Gasteiger charge is -2.23. The minimum Gasteiger partial charge on any atom is -0.384 e. The van der Waals surface area contributed by atoms with Crippen LogP contribution in [-0.4, -0.2) is 33.6 Å². The van der Waals surface area contributed by atoms with Gasteiger partial charge in [-0.3, -0.25) is 0 Å². The molecule has 0 unspecified atom stereocenters. The Bertz CT molecular complexity index is 471. The van der Waals surface area contributed by atoms with E-state index in [1.54, 1.807) is 0 Å². The Morgan fingerprint density at radius 3 is 2.84 bits per heavy atom. The lowest BCUT2D eigenvalue weighted by molar-refractivity contribution is 0.634. The molecule has 1 saturated heterocycles. The van der Waals surface area contributed by atoms with Crippen molar-refractivity contribution in [2.45, 2.75) is 43.8 Å². The predicted octanol–water partition coefficient (Wildman–Crippen LogP) is 2.66. The fraction of sp³-hybridized carbons (Fsp3) is 0.714. The number of anilines is 2. The van der Waals surface area contributed by atoms with E-state index in [0.29, 0.717) is 16.5 Å². The van der Waals surface area contributed by atoms with Crippen LogP contribution in [0.25, 0.3) is 0 Å². The van der Waals surface area contributed by atoms with Gasteiger partial charge in [-0.2, -0.15) is 11.8 Å². The summed E-state index contributed by atoms with van der Waals surface area (Å²) < 4.78 is 0.368. The standard InChI is InChI=1S/C14H22N4S/c1-14(2)5-6-18(7-8-19-14)12-9-11(15)16-13(17-12)10-3-4-10/h9-10H,3-8H2,1-2H3,(H2,15,16,17). The average Bonchev–Trinajstić information content (AvgIpc) is 3.15. The van der Waals surface area contributed by atoms with Gasteiger partial charge < -0.3 is 10.6 Å². The monoisotopic (exact) mass is 278 g/mol. The van der Waals surface area contributed by atoms with Crippen molar-refractivity contribution in [3.8, 4) is 0 Å². The first-order valence-electron chi connectivity index (χ1n) is 7.07. The molecule has 2 fully saturated rings. The Hall–Kier alpha value is -0.970. The molecule has 2 N–H and O–H groups in total. The Morgan fingerprint density at radius 2 is 2.11 bits per heavy atom. The summed E-state index contributed by atoms with van der Waals surface area (Å²) in [5.41, 5.74) is 5.94. The maximum Gasteiger partial charge on any atom is 0.136 e. The molecule has 2 heterocycles. The second kappa shape index (κ2) is 4.85. The van der Waals surface area contributed by atoms with Crippen LogP contribution in [0, 0.1) is 0 Å². The van der Waals surface area contributed by atoms with Gasteiger partial charge in [-0.15, -0.1) is 0 Å². The fourth-order valence-corrected chi connectivity index (χ4v) is 3.51. The number of aromatic nitrogens is 2. The molecule has 0 radical (unpaired) electrons. The number of thioether (sulfide) groups is 1. The van der Waals surface area contributed by atoms with Crippen LogP contribution < -0.4 is 10.6 Å². The number of hydrogen-bond acceptors (Lipinski definition) is 5. The third-order valence-electron chi connectivity index (χ3n) is 3.85. The van der Waals surface area contributed by atoms with E-state index in [1.165, 1.54) is 19.3 Å². The molecule has 1 saturated carbocycles. The average molecular weight is 278 g/mol. The molecule has 104 valence electrons. The number of nitrogen functional groups attached to an aromatic ring is 1. The molecule has 0 spiro atoms. The number of nitrogens with zero attached hydrogens (tertiary/aromatic N) is 3. The van der Waals surface area contributed by atoms with Gasteiger partial charge in [0.25, 0.3) is 0 Å². The molecule has 2 aliphatic rings. The van der Waals surface area contributed by atoms with Crippen LogP contribution in [0.4, 0.5) is 11.6 Å². The minimum absolute atomic E-state index is 0.368. The Morgan fingerprint density at radius 1 is 1.32 bits per heavy atom. The van der Waals surface area contributed by atoms with Crippen molar-refractivity contribution in [1.82, 2.24) is 9.97 Å². The minimum atomic E-state index is 0.368. The summed E-state index contributed by atoms with van der Waals surface area (Å²) in [6, 6.07) is 1.93. The van der Waals surface area contributed by atoms with E-state index in [0.717, 1.165) is 30.5 Å². The van der Waals surface area contributed by atoms with Gasteiger partial charge in [0.15, 0.2) is 0 Å². The lowest BCUT2D eigenvalue weighted by Crippen LogP contribution is -2.28. The van der Waals surface area contributed by atoms with Crippen LogP contribution in [0.2, 0.25) is 0 Å². The number of rotatable bonds is 2. The van der Waals surface area contributed by atoms with Crippen molar-refractivity contribution in [2.75, 3.05) is 29.5 Å². The molecule has 0 aromatic carbocycles. The molecule has 0 atom stereocenters. The smallest absolute Gasteiger partial charge is 0.136 e. The van der Waals surface area contributed by atoms with Gasteiger partial charge >= 0.3 is 0 Å². The molecule has 5 heteroatoms. The van der Waals surface area contributed by atoms with Crippen molar-refractivity contribution in [1.29, 1.82) is 0 Å². The molecule has 19 heavy (non-hydrogen) atoms. The Labute approximate surface area is 119 Å². The highest BCUT2D eigenvalue weighted by Crippen LogP contribution is 2.39. The van der Waals surface area contributed by atoms with Crippen LogP contribution >= 0.6 is 11.8 Å². The van der Waals surface area contributed by atoms with Gasteiger partial charge in [0.05, 0.1) is 0 Å². The Kier molecular flexibility index (Phi) is 3.33. The van der Waals surface area contributed by atoms with Crippen molar-refractivity contribution >= 4 is 23.4 Å². The van der Waals surface area contributed by atoms with Gasteiger partial charge in [0.2, 0.25) is 0 Å². The molecule has 4 nitrogen and oxygen atoms in total. The van der Waals surface area contributed by atoms with Crippen molar-refractivity contribution in [2.24, 2.45) is 0 Å². The van der Waals surface area contributed by atoms with Gasteiger partial charge in [-0.25, -0.2) is 9.97 Å². The zero-order valence-electron chi connectivity index (χ0n) is 11.7. The van der Waals surface area contributed by atoms with Crippen molar-refractivity contribution in [3.63, 3.8) is 0 Å². The summed E-state index contributed by atoms with van der Waals surface area (Å²) in [6.07, 6.45) is 3.61. The summed E-state index contributed by atoms with van der Waals surface area (Å²) in [6.45, 7) is 6.76. The third-order valence-corrected chi connectivity index (χ3v) is 5.23. The second-order valence-electron chi connectivity index (χ2n) is 6.13. The highest BCUT2D eigenvalue weighted by atomic mass is 32.2.